The molecule has 2 aromatic carbocycles. The Balaban J connectivity index is 1.58. The highest BCUT2D eigenvalue weighted by molar-refractivity contribution is 7.90. The second-order valence-electron chi connectivity index (χ2n) is 8.09. The van der Waals surface area contributed by atoms with E-state index in [9.17, 15) is 13.2 Å². The molecular formula is C24H26N6O3S. The van der Waals surface area contributed by atoms with E-state index in [0.29, 0.717) is 31.0 Å². The summed E-state index contributed by atoms with van der Waals surface area (Å²) in [6, 6.07) is 19.6. The third kappa shape index (κ3) is 5.64. The van der Waals surface area contributed by atoms with Crippen LogP contribution in [0.2, 0.25) is 0 Å². The highest BCUT2D eigenvalue weighted by atomic mass is 32.2. The Morgan fingerprint density at radius 1 is 1.09 bits per heavy atom. The first kappa shape index (κ1) is 23.5. The minimum atomic E-state index is -3.74. The summed E-state index contributed by atoms with van der Waals surface area (Å²) in [7, 11) is -2.02. The first-order valence-electron chi connectivity index (χ1n) is 10.9. The van der Waals surface area contributed by atoms with Gasteiger partial charge >= 0.3 is 0 Å². The number of carbonyl (C=O) groups excluding carboxylic acids is 1. The van der Waals surface area contributed by atoms with Gasteiger partial charge in [-0.05, 0) is 30.0 Å². The van der Waals surface area contributed by atoms with Crippen molar-refractivity contribution >= 4 is 28.0 Å². The molecule has 0 aliphatic carbocycles. The third-order valence-electron chi connectivity index (χ3n) is 5.54. The van der Waals surface area contributed by atoms with Crippen LogP contribution in [0.1, 0.15) is 34.0 Å². The topological polar surface area (TPSA) is 124 Å². The number of sulfonamides is 1. The van der Waals surface area contributed by atoms with E-state index in [-0.39, 0.29) is 18.2 Å². The summed E-state index contributed by atoms with van der Waals surface area (Å²) in [4.78, 5) is 23.5. The number of benzene rings is 2. The van der Waals surface area contributed by atoms with E-state index in [1.165, 1.54) is 10.9 Å². The van der Waals surface area contributed by atoms with Gasteiger partial charge in [0.15, 0.2) is 5.82 Å². The molecule has 0 bridgehead atoms. The van der Waals surface area contributed by atoms with Crippen LogP contribution in [0, 0.1) is 0 Å². The molecule has 2 heterocycles. The summed E-state index contributed by atoms with van der Waals surface area (Å²) < 4.78 is 24.8. The molecule has 3 aromatic rings. The van der Waals surface area contributed by atoms with Crippen molar-refractivity contribution in [2.45, 2.75) is 24.5 Å². The van der Waals surface area contributed by atoms with E-state index >= 15 is 0 Å². The molecule has 1 aliphatic rings. The largest absolute Gasteiger partial charge is 0.339 e. The monoisotopic (exact) mass is 478 g/mol. The van der Waals surface area contributed by atoms with Crippen molar-refractivity contribution in [3.8, 4) is 0 Å². The van der Waals surface area contributed by atoms with Crippen LogP contribution >= 0.6 is 0 Å². The Bertz CT molecular complexity index is 1320. The van der Waals surface area contributed by atoms with Crippen molar-refractivity contribution in [3.63, 3.8) is 0 Å². The van der Waals surface area contributed by atoms with Crippen molar-refractivity contribution in [3.05, 3.63) is 89.5 Å². The molecule has 0 saturated heterocycles. The molecule has 0 saturated carbocycles. The second kappa shape index (κ2) is 10.1. The lowest BCUT2D eigenvalue weighted by Gasteiger charge is -2.15. The number of nitrogens with two attached hydrogens (primary N) is 1. The standard InChI is InChI=1S/C24H26N6O3S/c1-29(15-14-18-8-4-2-5-9-18)24(31)23-27-22(16-19-10-6-3-7-11-19)30(28-23)21-13-12-20(17-26-21)34(25,32)33/h2-11,13,17,20H,12,14-16H2,1H3,(H2,25,32,33). The van der Waals surface area contributed by atoms with E-state index < -0.39 is 15.3 Å². The summed E-state index contributed by atoms with van der Waals surface area (Å²) in [5, 5.41) is 8.80. The van der Waals surface area contributed by atoms with Crippen LogP contribution in [-0.2, 0) is 22.9 Å². The molecule has 10 heteroatoms. The maximum Gasteiger partial charge on any atom is 0.293 e. The molecule has 1 atom stereocenters. The Labute approximate surface area is 198 Å². The number of hydrogen-bond acceptors (Lipinski definition) is 6. The molecular weight excluding hydrogens is 452 g/mol. The van der Waals surface area contributed by atoms with Gasteiger partial charge in [-0.2, -0.15) is 4.68 Å². The fourth-order valence-electron chi connectivity index (χ4n) is 3.58. The number of allylic oxidation sites excluding steroid dienone is 1. The van der Waals surface area contributed by atoms with Crippen molar-refractivity contribution in [2.24, 2.45) is 10.1 Å². The molecule has 0 radical (unpaired) electrons. The van der Waals surface area contributed by atoms with E-state index in [0.717, 1.165) is 11.1 Å². The van der Waals surface area contributed by atoms with Gasteiger partial charge in [-0.1, -0.05) is 60.7 Å². The quantitative estimate of drug-likeness (QED) is 0.531. The number of aliphatic imine (C=N–C) groups is 1. The SMILES string of the molecule is CN(CCc1ccccc1)C(=O)c1nc(Cc2ccccc2)n(C2=CCC(S(N)(=O)=O)C=N2)n1. The molecule has 0 spiro atoms. The third-order valence-corrected chi connectivity index (χ3v) is 6.70. The first-order valence-corrected chi connectivity index (χ1v) is 12.5. The maximum absolute atomic E-state index is 13.1. The van der Waals surface area contributed by atoms with Gasteiger partial charge in [0, 0.05) is 26.2 Å². The van der Waals surface area contributed by atoms with Crippen LogP contribution in [0.25, 0.3) is 5.82 Å². The number of nitrogens with zero attached hydrogens (tertiary/aromatic N) is 5. The van der Waals surface area contributed by atoms with Crippen molar-refractivity contribution in [1.29, 1.82) is 0 Å². The Morgan fingerprint density at radius 2 is 1.74 bits per heavy atom. The lowest BCUT2D eigenvalue weighted by molar-refractivity contribution is 0.0784. The average Bonchev–Trinajstić information content (AvgIpc) is 3.26. The fourth-order valence-corrected chi connectivity index (χ4v) is 4.17. The zero-order valence-electron chi connectivity index (χ0n) is 18.8. The minimum Gasteiger partial charge on any atom is -0.339 e. The number of primary sulfonamides is 1. The molecule has 4 rings (SSSR count). The number of rotatable bonds is 8. The Morgan fingerprint density at radius 3 is 2.32 bits per heavy atom. The van der Waals surface area contributed by atoms with Crippen LogP contribution in [-0.4, -0.2) is 59.0 Å². The van der Waals surface area contributed by atoms with E-state index in [2.05, 4.69) is 15.1 Å². The van der Waals surface area contributed by atoms with Crippen LogP contribution in [0.3, 0.4) is 0 Å². The molecule has 2 N–H and O–H groups in total. The smallest absolute Gasteiger partial charge is 0.293 e. The van der Waals surface area contributed by atoms with Crippen LogP contribution < -0.4 is 5.14 Å². The van der Waals surface area contributed by atoms with Crippen LogP contribution in [0.4, 0.5) is 0 Å². The normalized spacial score (nSPS) is 15.7. The lowest BCUT2D eigenvalue weighted by atomic mass is 10.1. The summed E-state index contributed by atoms with van der Waals surface area (Å²) in [6.45, 7) is 0.516. The molecule has 1 amide bonds. The van der Waals surface area contributed by atoms with Crippen molar-refractivity contribution < 1.29 is 13.2 Å². The van der Waals surface area contributed by atoms with Gasteiger partial charge in [0.2, 0.25) is 15.8 Å². The van der Waals surface area contributed by atoms with Crippen molar-refractivity contribution in [2.75, 3.05) is 13.6 Å². The van der Waals surface area contributed by atoms with Crippen molar-refractivity contribution in [1.82, 2.24) is 19.7 Å². The van der Waals surface area contributed by atoms with Gasteiger partial charge in [0.25, 0.3) is 5.91 Å². The molecule has 1 unspecified atom stereocenters. The Hall–Kier alpha value is -3.63. The molecule has 176 valence electrons. The van der Waals surface area contributed by atoms with Gasteiger partial charge in [0.05, 0.1) is 0 Å². The van der Waals surface area contributed by atoms with Gasteiger partial charge in [0.1, 0.15) is 11.1 Å². The average molecular weight is 479 g/mol. The first-order chi connectivity index (χ1) is 16.3. The number of likely N-dealkylation sites (N-methyl/N-ethyl adjacent to an activating group) is 1. The molecule has 1 aliphatic heterocycles. The molecule has 1 aromatic heterocycles. The molecule has 34 heavy (non-hydrogen) atoms. The summed E-state index contributed by atoms with van der Waals surface area (Å²) in [6.07, 6.45) is 4.26. The van der Waals surface area contributed by atoms with Gasteiger partial charge < -0.3 is 4.90 Å². The molecule has 0 fully saturated rings. The highest BCUT2D eigenvalue weighted by Crippen LogP contribution is 2.19. The summed E-state index contributed by atoms with van der Waals surface area (Å²) in [5.74, 6) is 0.700. The van der Waals surface area contributed by atoms with E-state index in [4.69, 9.17) is 5.14 Å². The number of aromatic nitrogens is 3. The Kier molecular flexibility index (Phi) is 6.99. The van der Waals surface area contributed by atoms with Gasteiger partial charge in [-0.3, -0.25) is 4.79 Å². The zero-order chi connectivity index (χ0) is 24.1. The highest BCUT2D eigenvalue weighted by Gasteiger charge is 2.25. The lowest BCUT2D eigenvalue weighted by Crippen LogP contribution is -2.31. The van der Waals surface area contributed by atoms with Gasteiger partial charge in [-0.25, -0.2) is 23.5 Å². The van der Waals surface area contributed by atoms with E-state index in [1.807, 2.05) is 60.7 Å². The predicted molar refractivity (Wildman–Crippen MR) is 131 cm³/mol. The van der Waals surface area contributed by atoms with E-state index in [1.54, 1.807) is 18.0 Å². The van der Waals surface area contributed by atoms with Crippen LogP contribution in [0.5, 0.6) is 0 Å². The predicted octanol–water partition coefficient (Wildman–Crippen LogP) is 2.11. The fraction of sp³-hybridized carbons (Fsp3) is 0.250. The number of carbonyl (C=O) groups is 1. The number of amides is 1. The number of hydrogen-bond donors (Lipinski definition) is 1. The second-order valence-corrected chi connectivity index (χ2v) is 9.88. The zero-order valence-corrected chi connectivity index (χ0v) is 19.6. The van der Waals surface area contributed by atoms with Crippen LogP contribution in [0.15, 0.2) is 71.7 Å². The maximum atomic E-state index is 13.1. The van der Waals surface area contributed by atoms with Gasteiger partial charge in [-0.15, -0.1) is 5.10 Å². The summed E-state index contributed by atoms with van der Waals surface area (Å²) in [5.41, 5.74) is 2.13. The minimum absolute atomic E-state index is 0.0613. The molecule has 9 nitrogen and oxygen atoms in total. The summed E-state index contributed by atoms with van der Waals surface area (Å²) >= 11 is 0.